The number of pyridine rings is 1. The van der Waals surface area contributed by atoms with E-state index in [1.165, 1.54) is 22.1 Å². The van der Waals surface area contributed by atoms with E-state index in [1.54, 1.807) is 0 Å². The number of ether oxygens (including phenoxy) is 1. The second-order valence-corrected chi connectivity index (χ2v) is 15.7. The summed E-state index contributed by atoms with van der Waals surface area (Å²) in [6.45, 7) is 9.32. The van der Waals surface area contributed by atoms with Gasteiger partial charge in [0.1, 0.15) is 12.9 Å². The normalized spacial score (nSPS) is 11.9. The Hall–Kier alpha value is -4.33. The van der Waals surface area contributed by atoms with Crippen molar-refractivity contribution in [1.29, 1.82) is 0 Å². The summed E-state index contributed by atoms with van der Waals surface area (Å²) >= 11 is 0. The SMILES string of the molecule is Cc1[c-]c2c(c(C)c1)COc1cc3c(CC(C)C)cccc3nc1-2.O=P(c1[c-]cc2ccccc2c1)(c1ccccc1)c1ccccc1.[Ir]. The number of aryl methyl sites for hydroxylation is 2. The molecule has 5 heteroatoms. The molecule has 1 aromatic heterocycles. The molecule has 247 valence electrons. The van der Waals surface area contributed by atoms with Crippen molar-refractivity contribution in [3.05, 3.63) is 162 Å². The molecule has 0 saturated heterocycles. The number of nitrogens with zero attached hydrogens (tertiary/aromatic N) is 1. The van der Waals surface area contributed by atoms with Gasteiger partial charge in [0.15, 0.2) is 0 Å². The van der Waals surface area contributed by atoms with Crippen molar-refractivity contribution in [3.8, 4) is 17.0 Å². The van der Waals surface area contributed by atoms with E-state index in [9.17, 15) is 4.57 Å². The zero-order valence-electron chi connectivity index (χ0n) is 28.2. The van der Waals surface area contributed by atoms with E-state index < -0.39 is 7.14 Å². The average Bonchev–Trinajstić information content (AvgIpc) is 3.11. The molecule has 0 amide bonds. The number of hydrogen-bond acceptors (Lipinski definition) is 3. The minimum atomic E-state index is -2.94. The van der Waals surface area contributed by atoms with Gasteiger partial charge in [-0.1, -0.05) is 130 Å². The minimum absolute atomic E-state index is 0. The van der Waals surface area contributed by atoms with Crippen LogP contribution in [0.15, 0.2) is 127 Å². The zero-order chi connectivity index (χ0) is 33.3. The summed E-state index contributed by atoms with van der Waals surface area (Å²) in [4.78, 5) is 4.95. The van der Waals surface area contributed by atoms with Gasteiger partial charge in [-0.25, -0.2) is 0 Å². The first kappa shape index (κ1) is 34.5. The molecule has 49 heavy (non-hydrogen) atoms. The molecule has 0 spiro atoms. The third-order valence-electron chi connectivity index (χ3n) is 8.93. The third kappa shape index (κ3) is 6.92. The summed E-state index contributed by atoms with van der Waals surface area (Å²) in [5.41, 5.74) is 8.02. The number of rotatable bonds is 5. The number of benzene rings is 6. The van der Waals surface area contributed by atoms with E-state index in [4.69, 9.17) is 9.72 Å². The molecule has 2 heterocycles. The van der Waals surface area contributed by atoms with E-state index in [-0.39, 0.29) is 20.1 Å². The molecular formula is C44H38IrNO2P-2. The van der Waals surface area contributed by atoms with Crippen LogP contribution in [0.2, 0.25) is 0 Å². The largest absolute Gasteiger partial charge is 0.506 e. The number of fused-ring (bicyclic) bond motifs is 5. The van der Waals surface area contributed by atoms with Crippen LogP contribution >= 0.6 is 7.14 Å². The molecule has 0 N–H and O–H groups in total. The van der Waals surface area contributed by atoms with Crippen molar-refractivity contribution in [1.82, 2.24) is 4.98 Å². The van der Waals surface area contributed by atoms with E-state index >= 15 is 0 Å². The van der Waals surface area contributed by atoms with Crippen molar-refractivity contribution in [2.75, 3.05) is 0 Å². The van der Waals surface area contributed by atoms with Crippen molar-refractivity contribution in [2.45, 2.75) is 40.7 Å². The van der Waals surface area contributed by atoms with Crippen LogP contribution < -0.4 is 20.7 Å². The van der Waals surface area contributed by atoms with E-state index in [0.29, 0.717) is 12.5 Å². The number of aromatic nitrogens is 1. The first-order chi connectivity index (χ1) is 23.3. The molecule has 0 bridgehead atoms. The van der Waals surface area contributed by atoms with Crippen LogP contribution in [0.1, 0.15) is 36.1 Å². The summed E-state index contributed by atoms with van der Waals surface area (Å²) in [6.07, 6.45) is 1.05. The maximum absolute atomic E-state index is 14.2. The molecule has 8 rings (SSSR count). The van der Waals surface area contributed by atoms with Crippen LogP contribution in [0.25, 0.3) is 32.9 Å². The summed E-state index contributed by atoms with van der Waals surface area (Å²) in [7, 11) is -2.94. The first-order valence-corrected chi connectivity index (χ1v) is 18.2. The fourth-order valence-corrected chi connectivity index (χ4v) is 9.21. The maximum atomic E-state index is 14.2. The van der Waals surface area contributed by atoms with Crippen molar-refractivity contribution >= 4 is 44.7 Å². The smallest absolute Gasteiger partial charge is 0.147 e. The molecule has 0 fully saturated rings. The fraction of sp³-hybridized carbons (Fsp3) is 0.159. The Bertz CT molecular complexity index is 2260. The van der Waals surface area contributed by atoms with Crippen LogP contribution in [0.3, 0.4) is 0 Å². The van der Waals surface area contributed by atoms with Gasteiger partial charge in [0.2, 0.25) is 0 Å². The van der Waals surface area contributed by atoms with E-state index in [0.717, 1.165) is 61.2 Å². The first-order valence-electron chi connectivity index (χ1n) is 16.5. The summed E-state index contributed by atoms with van der Waals surface area (Å²) < 4.78 is 20.3. The molecule has 1 aliphatic heterocycles. The Balaban J connectivity index is 0.000000167. The average molecular weight is 836 g/mol. The van der Waals surface area contributed by atoms with Crippen LogP contribution in [-0.2, 0) is 37.7 Å². The molecule has 7 aromatic rings. The molecule has 6 aromatic carbocycles. The Morgan fingerprint density at radius 3 is 2.12 bits per heavy atom. The van der Waals surface area contributed by atoms with Gasteiger partial charge in [-0.3, -0.25) is 4.98 Å². The fourth-order valence-electron chi connectivity index (χ4n) is 6.60. The Morgan fingerprint density at radius 2 is 1.45 bits per heavy atom. The van der Waals surface area contributed by atoms with Gasteiger partial charge in [-0.15, -0.1) is 45.7 Å². The minimum Gasteiger partial charge on any atom is -0.506 e. The van der Waals surface area contributed by atoms with Crippen molar-refractivity contribution in [2.24, 2.45) is 5.92 Å². The van der Waals surface area contributed by atoms with Gasteiger partial charge in [-0.2, -0.15) is 18.2 Å². The molecule has 0 atom stereocenters. The van der Waals surface area contributed by atoms with E-state index in [2.05, 4.69) is 70.2 Å². The quantitative estimate of drug-likeness (QED) is 0.128. The van der Waals surface area contributed by atoms with Crippen LogP contribution in [0.4, 0.5) is 0 Å². The Kier molecular flexibility index (Phi) is 10.3. The molecule has 0 saturated carbocycles. The zero-order valence-corrected chi connectivity index (χ0v) is 31.4. The molecule has 0 unspecified atom stereocenters. The molecule has 3 nitrogen and oxygen atoms in total. The van der Waals surface area contributed by atoms with Gasteiger partial charge < -0.3 is 9.30 Å². The summed E-state index contributed by atoms with van der Waals surface area (Å²) in [5, 5.41) is 5.81. The summed E-state index contributed by atoms with van der Waals surface area (Å²) in [5.74, 6) is 1.50. The van der Waals surface area contributed by atoms with Gasteiger partial charge in [-0.05, 0) is 30.0 Å². The van der Waals surface area contributed by atoms with Crippen molar-refractivity contribution < 1.29 is 29.4 Å². The van der Waals surface area contributed by atoms with Crippen LogP contribution in [-0.4, -0.2) is 4.98 Å². The standard InChI is InChI=1S/C22H22NO.C22H16OP.Ir/c1-13(2)8-16-6-5-7-20-17(16)11-21-22(23-20)18-10-14(3)9-15(4)19(18)12-24-21;23-24(20-11-3-1-4-12-20,21-13-5-2-6-14-21)22-16-15-18-9-7-8-10-19(18)17-22;/h5-7,9,11,13H,8,12H2,1-4H3;1-15,17H;/q2*-1;. The van der Waals surface area contributed by atoms with Crippen molar-refractivity contribution in [3.63, 3.8) is 0 Å². The second-order valence-electron chi connectivity index (χ2n) is 12.9. The molecule has 1 radical (unpaired) electrons. The van der Waals surface area contributed by atoms with Gasteiger partial charge in [0.25, 0.3) is 0 Å². The third-order valence-corrected chi connectivity index (χ3v) is 11.9. The van der Waals surface area contributed by atoms with Gasteiger partial charge in [0.05, 0.1) is 12.1 Å². The van der Waals surface area contributed by atoms with Crippen LogP contribution in [0, 0.1) is 31.9 Å². The monoisotopic (exact) mass is 836 g/mol. The molecule has 1 aliphatic rings. The number of hydrogen-bond donors (Lipinski definition) is 0. The predicted octanol–water partition coefficient (Wildman–Crippen LogP) is 9.69. The second kappa shape index (κ2) is 14.6. The van der Waals surface area contributed by atoms with Gasteiger partial charge >= 0.3 is 0 Å². The maximum Gasteiger partial charge on any atom is 0.147 e. The van der Waals surface area contributed by atoms with Gasteiger partial charge in [0, 0.05) is 41.8 Å². The topological polar surface area (TPSA) is 39.2 Å². The van der Waals surface area contributed by atoms with E-state index in [1.807, 2.05) is 97.1 Å². The Morgan fingerprint density at radius 1 is 0.796 bits per heavy atom. The molecule has 0 aliphatic carbocycles. The van der Waals surface area contributed by atoms with Crippen LogP contribution in [0.5, 0.6) is 5.75 Å². The summed E-state index contributed by atoms with van der Waals surface area (Å²) in [6, 6.07) is 49.0. The molecular weight excluding hydrogens is 798 g/mol. The Labute approximate surface area is 303 Å². The predicted molar refractivity (Wildman–Crippen MR) is 201 cm³/mol.